The Labute approximate surface area is 74.2 Å². The van der Waals surface area contributed by atoms with Gasteiger partial charge in [-0.05, 0) is 12.1 Å². The molecule has 0 unspecified atom stereocenters. The first-order valence-electron chi connectivity index (χ1n) is 3.75. The van der Waals surface area contributed by atoms with E-state index in [4.69, 9.17) is 5.84 Å². The number of carbonyl (C=O) groups is 1. The van der Waals surface area contributed by atoms with Gasteiger partial charge in [-0.25, -0.2) is 10.8 Å². The van der Waals surface area contributed by atoms with Crippen molar-refractivity contribution in [1.29, 1.82) is 0 Å². The molecule has 66 valence electrons. The van der Waals surface area contributed by atoms with Gasteiger partial charge in [0.05, 0.1) is 5.56 Å². The number of aromatic nitrogens is 2. The highest BCUT2D eigenvalue weighted by atomic mass is 16.2. The van der Waals surface area contributed by atoms with Crippen LogP contribution in [0.4, 0.5) is 0 Å². The zero-order chi connectivity index (χ0) is 9.26. The van der Waals surface area contributed by atoms with Gasteiger partial charge in [0.1, 0.15) is 5.65 Å². The van der Waals surface area contributed by atoms with E-state index in [9.17, 15) is 4.79 Å². The fourth-order valence-corrected chi connectivity index (χ4v) is 1.14. The van der Waals surface area contributed by atoms with Crippen molar-refractivity contribution >= 4 is 11.6 Å². The Morgan fingerprint density at radius 2 is 2.38 bits per heavy atom. The molecule has 0 saturated heterocycles. The molecule has 2 aromatic rings. The van der Waals surface area contributed by atoms with E-state index in [0.717, 1.165) is 5.65 Å². The molecule has 1 amide bonds. The summed E-state index contributed by atoms with van der Waals surface area (Å²) in [7, 11) is 0. The largest absolute Gasteiger partial charge is 0.306 e. The van der Waals surface area contributed by atoms with Gasteiger partial charge in [-0.2, -0.15) is 0 Å². The summed E-state index contributed by atoms with van der Waals surface area (Å²) in [5.74, 6) is 4.69. The fourth-order valence-electron chi connectivity index (χ4n) is 1.14. The Balaban J connectivity index is 2.54. The summed E-state index contributed by atoms with van der Waals surface area (Å²) in [5, 5.41) is 0. The highest BCUT2D eigenvalue weighted by Gasteiger charge is 2.03. The molecule has 3 N–H and O–H groups in total. The van der Waals surface area contributed by atoms with Crippen molar-refractivity contribution in [3.8, 4) is 0 Å². The molecular weight excluding hydrogens is 168 g/mol. The number of hydrogen-bond acceptors (Lipinski definition) is 3. The van der Waals surface area contributed by atoms with Crippen molar-refractivity contribution in [2.24, 2.45) is 5.84 Å². The number of hydrazine groups is 1. The Kier molecular flexibility index (Phi) is 1.71. The molecule has 0 atom stereocenters. The molecular formula is C8H8N4O. The normalized spacial score (nSPS) is 10.2. The van der Waals surface area contributed by atoms with Gasteiger partial charge in [-0.15, -0.1) is 0 Å². The van der Waals surface area contributed by atoms with Gasteiger partial charge in [0.25, 0.3) is 5.91 Å². The van der Waals surface area contributed by atoms with Crippen molar-refractivity contribution in [3.63, 3.8) is 0 Å². The van der Waals surface area contributed by atoms with Crippen LogP contribution >= 0.6 is 0 Å². The molecule has 5 heteroatoms. The van der Waals surface area contributed by atoms with Crippen molar-refractivity contribution in [1.82, 2.24) is 14.8 Å². The van der Waals surface area contributed by atoms with Gasteiger partial charge in [-0.3, -0.25) is 10.2 Å². The number of imidazole rings is 1. The Morgan fingerprint density at radius 3 is 3.15 bits per heavy atom. The standard InChI is InChI=1S/C8H8N4O/c9-11-8(13)6-1-2-7-10-3-4-12(7)5-6/h1-5H,9H2,(H,11,13). The topological polar surface area (TPSA) is 72.4 Å². The number of nitrogens with zero attached hydrogens (tertiary/aromatic N) is 2. The highest BCUT2D eigenvalue weighted by Crippen LogP contribution is 2.03. The van der Waals surface area contributed by atoms with Crippen LogP contribution in [0.1, 0.15) is 10.4 Å². The van der Waals surface area contributed by atoms with E-state index in [2.05, 4.69) is 10.4 Å². The van der Waals surface area contributed by atoms with E-state index in [1.165, 1.54) is 0 Å². The fraction of sp³-hybridized carbons (Fsp3) is 0. The van der Waals surface area contributed by atoms with Crippen molar-refractivity contribution in [3.05, 3.63) is 36.3 Å². The first-order chi connectivity index (χ1) is 6.31. The van der Waals surface area contributed by atoms with Crippen LogP contribution in [0.5, 0.6) is 0 Å². The van der Waals surface area contributed by atoms with E-state index in [0.29, 0.717) is 5.56 Å². The number of rotatable bonds is 1. The van der Waals surface area contributed by atoms with Crippen LogP contribution < -0.4 is 11.3 Å². The summed E-state index contributed by atoms with van der Waals surface area (Å²) in [4.78, 5) is 15.2. The monoisotopic (exact) mass is 176 g/mol. The SMILES string of the molecule is NNC(=O)c1ccc2nccn2c1. The molecule has 2 aromatic heterocycles. The molecule has 0 bridgehead atoms. The number of pyridine rings is 1. The van der Waals surface area contributed by atoms with Crippen molar-refractivity contribution in [2.75, 3.05) is 0 Å². The molecule has 0 saturated carbocycles. The minimum atomic E-state index is -0.310. The number of amides is 1. The van der Waals surface area contributed by atoms with Gasteiger partial charge in [-0.1, -0.05) is 0 Å². The summed E-state index contributed by atoms with van der Waals surface area (Å²) in [5.41, 5.74) is 3.37. The third-order valence-corrected chi connectivity index (χ3v) is 1.78. The molecule has 5 nitrogen and oxygen atoms in total. The van der Waals surface area contributed by atoms with E-state index in [1.807, 2.05) is 0 Å². The summed E-state index contributed by atoms with van der Waals surface area (Å²) in [6, 6.07) is 3.43. The average molecular weight is 176 g/mol. The molecule has 0 fully saturated rings. The van der Waals surface area contributed by atoms with Crippen LogP contribution in [0.3, 0.4) is 0 Å². The molecule has 13 heavy (non-hydrogen) atoms. The Morgan fingerprint density at radius 1 is 1.54 bits per heavy atom. The van der Waals surface area contributed by atoms with Crippen LogP contribution in [0.15, 0.2) is 30.7 Å². The lowest BCUT2D eigenvalue weighted by atomic mass is 10.3. The summed E-state index contributed by atoms with van der Waals surface area (Å²) >= 11 is 0. The predicted molar refractivity (Wildman–Crippen MR) is 46.8 cm³/mol. The minimum Gasteiger partial charge on any atom is -0.306 e. The summed E-state index contributed by atoms with van der Waals surface area (Å²) in [6.07, 6.45) is 5.10. The maximum absolute atomic E-state index is 11.1. The number of nitrogen functional groups attached to an aromatic ring is 1. The third kappa shape index (κ3) is 1.25. The van der Waals surface area contributed by atoms with E-state index >= 15 is 0 Å². The third-order valence-electron chi connectivity index (χ3n) is 1.78. The van der Waals surface area contributed by atoms with Crippen molar-refractivity contribution in [2.45, 2.75) is 0 Å². The lowest BCUT2D eigenvalue weighted by Crippen LogP contribution is -2.30. The van der Waals surface area contributed by atoms with E-state index in [1.54, 1.807) is 35.1 Å². The second-order valence-corrected chi connectivity index (χ2v) is 2.58. The Hall–Kier alpha value is -1.88. The summed E-state index contributed by atoms with van der Waals surface area (Å²) in [6.45, 7) is 0. The molecule has 0 aliphatic carbocycles. The first-order valence-corrected chi connectivity index (χ1v) is 3.75. The second kappa shape index (κ2) is 2.87. The lowest BCUT2D eigenvalue weighted by Gasteiger charge is -1.99. The van der Waals surface area contributed by atoms with Gasteiger partial charge in [0.15, 0.2) is 0 Å². The number of carbonyl (C=O) groups excluding carboxylic acids is 1. The highest BCUT2D eigenvalue weighted by molar-refractivity contribution is 5.93. The molecule has 0 aromatic carbocycles. The number of nitrogens with one attached hydrogen (secondary N) is 1. The maximum Gasteiger partial charge on any atom is 0.266 e. The molecule has 0 spiro atoms. The Bertz CT molecular complexity index is 448. The smallest absolute Gasteiger partial charge is 0.266 e. The van der Waals surface area contributed by atoms with Gasteiger partial charge in [0, 0.05) is 18.6 Å². The van der Waals surface area contributed by atoms with Gasteiger partial charge in [0.2, 0.25) is 0 Å². The van der Waals surface area contributed by atoms with Crippen LogP contribution in [-0.4, -0.2) is 15.3 Å². The number of hydrogen-bond donors (Lipinski definition) is 2. The molecule has 0 radical (unpaired) electrons. The maximum atomic E-state index is 11.1. The molecule has 2 heterocycles. The van der Waals surface area contributed by atoms with Crippen LogP contribution in [0.25, 0.3) is 5.65 Å². The molecule has 0 aliphatic rings. The van der Waals surface area contributed by atoms with Crippen LogP contribution in [0, 0.1) is 0 Å². The zero-order valence-electron chi connectivity index (χ0n) is 6.77. The van der Waals surface area contributed by atoms with E-state index < -0.39 is 0 Å². The van der Waals surface area contributed by atoms with Gasteiger partial charge < -0.3 is 4.40 Å². The lowest BCUT2D eigenvalue weighted by molar-refractivity contribution is 0.0953. The minimum absolute atomic E-state index is 0.310. The quantitative estimate of drug-likeness (QED) is 0.363. The second-order valence-electron chi connectivity index (χ2n) is 2.58. The first kappa shape index (κ1) is 7.75. The predicted octanol–water partition coefficient (Wildman–Crippen LogP) is -0.0622. The average Bonchev–Trinajstić information content (AvgIpc) is 2.63. The zero-order valence-corrected chi connectivity index (χ0v) is 6.77. The number of fused-ring (bicyclic) bond motifs is 1. The van der Waals surface area contributed by atoms with Crippen LogP contribution in [0.2, 0.25) is 0 Å². The number of nitrogens with two attached hydrogens (primary N) is 1. The van der Waals surface area contributed by atoms with Crippen LogP contribution in [-0.2, 0) is 0 Å². The van der Waals surface area contributed by atoms with Gasteiger partial charge >= 0.3 is 0 Å². The molecule has 0 aliphatic heterocycles. The van der Waals surface area contributed by atoms with Crippen molar-refractivity contribution < 1.29 is 4.79 Å². The molecule has 2 rings (SSSR count). The van der Waals surface area contributed by atoms with E-state index in [-0.39, 0.29) is 5.91 Å². The summed E-state index contributed by atoms with van der Waals surface area (Å²) < 4.78 is 1.75.